The third-order valence-corrected chi connectivity index (χ3v) is 7.41. The van der Waals surface area contributed by atoms with Gasteiger partial charge in [-0.05, 0) is 56.1 Å². The third-order valence-electron chi connectivity index (χ3n) is 7.41. The van der Waals surface area contributed by atoms with Crippen molar-refractivity contribution < 1.29 is 13.2 Å². The molecule has 2 atom stereocenters. The molecule has 2 saturated heterocycles. The van der Waals surface area contributed by atoms with Gasteiger partial charge in [-0.25, -0.2) is 0 Å². The molecule has 4 heterocycles. The Morgan fingerprint density at radius 3 is 2.42 bits per heavy atom. The maximum absolute atomic E-state index is 13.0. The van der Waals surface area contributed by atoms with Crippen LogP contribution in [0.15, 0.2) is 47.3 Å². The molecule has 3 aliphatic heterocycles. The van der Waals surface area contributed by atoms with Gasteiger partial charge in [-0.3, -0.25) is 9.69 Å². The summed E-state index contributed by atoms with van der Waals surface area (Å²) in [5.74, 6) is 0.995. The molecule has 0 amide bonds. The summed E-state index contributed by atoms with van der Waals surface area (Å²) < 4.78 is 41.0. The molecular weight excluding hydrogens is 429 g/mol. The molecular formula is C25H31F3N4O. The number of fused-ring (bicyclic) bond motifs is 4. The monoisotopic (exact) mass is 460 g/mol. The number of anilines is 1. The highest BCUT2D eigenvalue weighted by Crippen LogP contribution is 2.35. The smallest absolute Gasteiger partial charge is 0.369 e. The lowest BCUT2D eigenvalue weighted by molar-refractivity contribution is -0.137. The summed E-state index contributed by atoms with van der Waals surface area (Å²) >= 11 is 0. The highest BCUT2D eigenvalue weighted by molar-refractivity contribution is 5.49. The van der Waals surface area contributed by atoms with Gasteiger partial charge in [0.1, 0.15) is 0 Å². The van der Waals surface area contributed by atoms with Gasteiger partial charge in [-0.15, -0.1) is 0 Å². The molecule has 2 fully saturated rings. The lowest BCUT2D eigenvalue weighted by atomic mass is 9.83. The van der Waals surface area contributed by atoms with E-state index in [2.05, 4.69) is 20.8 Å². The Bertz CT molecular complexity index is 1030. The number of hydrogen-bond donors (Lipinski definition) is 0. The van der Waals surface area contributed by atoms with E-state index in [4.69, 9.17) is 0 Å². The lowest BCUT2D eigenvalue weighted by Crippen LogP contribution is -2.49. The van der Waals surface area contributed by atoms with Gasteiger partial charge in [0.25, 0.3) is 5.56 Å². The average Bonchev–Trinajstić information content (AvgIpc) is 2.80. The van der Waals surface area contributed by atoms with Crippen molar-refractivity contribution in [1.29, 1.82) is 0 Å². The maximum atomic E-state index is 13.0. The third kappa shape index (κ3) is 4.96. The first kappa shape index (κ1) is 22.5. The van der Waals surface area contributed by atoms with Crippen molar-refractivity contribution in [1.82, 2.24) is 14.4 Å². The number of nitrogens with zero attached hydrogens (tertiary/aromatic N) is 4. The van der Waals surface area contributed by atoms with Crippen LogP contribution in [-0.2, 0) is 12.7 Å². The zero-order valence-electron chi connectivity index (χ0n) is 18.8. The number of likely N-dealkylation sites (tertiary alicyclic amines) is 1. The van der Waals surface area contributed by atoms with Crippen molar-refractivity contribution in [2.75, 3.05) is 57.3 Å². The number of piperazine rings is 1. The Morgan fingerprint density at radius 1 is 0.879 bits per heavy atom. The normalized spacial score (nSPS) is 24.0. The lowest BCUT2D eigenvalue weighted by Gasteiger charge is -2.43. The highest BCUT2D eigenvalue weighted by Gasteiger charge is 2.34. The fourth-order valence-electron chi connectivity index (χ4n) is 5.80. The second-order valence-corrected chi connectivity index (χ2v) is 9.69. The molecule has 178 valence electrons. The largest absolute Gasteiger partial charge is 0.416 e. The maximum Gasteiger partial charge on any atom is 0.416 e. The fourth-order valence-corrected chi connectivity index (χ4v) is 5.80. The molecule has 5 nitrogen and oxygen atoms in total. The zero-order chi connectivity index (χ0) is 23.0. The molecule has 2 bridgehead atoms. The Hall–Kier alpha value is -2.32. The molecule has 0 N–H and O–H groups in total. The van der Waals surface area contributed by atoms with Gasteiger partial charge in [0.15, 0.2) is 0 Å². The van der Waals surface area contributed by atoms with Crippen molar-refractivity contribution in [2.24, 2.45) is 5.92 Å². The molecule has 0 aliphatic carbocycles. The van der Waals surface area contributed by atoms with Gasteiger partial charge in [0.2, 0.25) is 0 Å². The van der Waals surface area contributed by atoms with Gasteiger partial charge in [-0.1, -0.05) is 12.1 Å². The van der Waals surface area contributed by atoms with Crippen LogP contribution in [0.25, 0.3) is 0 Å². The predicted octanol–water partition coefficient (Wildman–Crippen LogP) is 3.50. The summed E-state index contributed by atoms with van der Waals surface area (Å²) in [4.78, 5) is 19.2. The molecule has 0 saturated carbocycles. The molecule has 0 spiro atoms. The van der Waals surface area contributed by atoms with Crippen LogP contribution in [0, 0.1) is 5.92 Å². The Morgan fingerprint density at radius 2 is 1.64 bits per heavy atom. The fraction of sp³-hybridized carbons (Fsp3) is 0.560. The van der Waals surface area contributed by atoms with Crippen LogP contribution in [-0.4, -0.2) is 66.7 Å². The Kier molecular flexibility index (Phi) is 6.22. The summed E-state index contributed by atoms with van der Waals surface area (Å²) in [5, 5.41) is 0. The SMILES string of the molecule is O=c1cccc2n1C[C@H]1C[C@@H]2CN(CCCN2CCN(c3cccc(C(F)(F)F)c3)CC2)C1. The van der Waals surface area contributed by atoms with E-state index in [1.165, 1.54) is 24.2 Å². The summed E-state index contributed by atoms with van der Waals surface area (Å²) in [6.45, 7) is 8.22. The molecule has 1 aromatic heterocycles. The van der Waals surface area contributed by atoms with Crippen LogP contribution < -0.4 is 10.5 Å². The Balaban J connectivity index is 1.09. The van der Waals surface area contributed by atoms with E-state index in [-0.39, 0.29) is 5.56 Å². The standard InChI is InChI=1S/C25H31F3N4O/c26-25(27,28)21-4-1-5-22(15-21)31-12-10-29(11-13-31)8-3-9-30-16-19-14-20(18-30)23-6-2-7-24(33)32(23)17-19/h1-2,4-7,15,19-20H,3,8-14,16-18H2/t19-,20+/m0/s1. The minimum Gasteiger partial charge on any atom is -0.369 e. The van der Waals surface area contributed by atoms with Crippen LogP contribution in [0.3, 0.4) is 0 Å². The molecule has 1 aromatic carbocycles. The summed E-state index contributed by atoms with van der Waals surface area (Å²) in [6.07, 6.45) is -2.04. The van der Waals surface area contributed by atoms with Gasteiger partial charge < -0.3 is 14.4 Å². The van der Waals surface area contributed by atoms with E-state index in [0.717, 1.165) is 71.4 Å². The number of aromatic nitrogens is 1. The van der Waals surface area contributed by atoms with Crippen LogP contribution in [0.5, 0.6) is 0 Å². The van der Waals surface area contributed by atoms with Crippen molar-refractivity contribution in [3.8, 4) is 0 Å². The van der Waals surface area contributed by atoms with Crippen molar-refractivity contribution in [3.63, 3.8) is 0 Å². The van der Waals surface area contributed by atoms with Crippen molar-refractivity contribution in [2.45, 2.75) is 31.5 Å². The average molecular weight is 461 g/mol. The molecule has 0 unspecified atom stereocenters. The Labute approximate surface area is 192 Å². The summed E-state index contributed by atoms with van der Waals surface area (Å²) in [5.41, 5.74) is 1.39. The number of benzene rings is 1. The highest BCUT2D eigenvalue weighted by atomic mass is 19.4. The van der Waals surface area contributed by atoms with E-state index in [1.54, 1.807) is 12.1 Å². The van der Waals surface area contributed by atoms with E-state index >= 15 is 0 Å². The number of hydrogen-bond acceptors (Lipinski definition) is 4. The first-order chi connectivity index (χ1) is 15.9. The minimum atomic E-state index is -4.30. The topological polar surface area (TPSA) is 31.7 Å². The molecule has 8 heteroatoms. The van der Waals surface area contributed by atoms with E-state index in [1.807, 2.05) is 10.6 Å². The van der Waals surface area contributed by atoms with Crippen molar-refractivity contribution >= 4 is 5.69 Å². The van der Waals surface area contributed by atoms with E-state index in [9.17, 15) is 18.0 Å². The molecule has 2 aromatic rings. The van der Waals surface area contributed by atoms with Crippen LogP contribution in [0.4, 0.5) is 18.9 Å². The number of piperidine rings is 1. The van der Waals surface area contributed by atoms with E-state index < -0.39 is 11.7 Å². The number of rotatable bonds is 5. The number of alkyl halides is 3. The van der Waals surface area contributed by atoms with E-state index in [0.29, 0.717) is 17.5 Å². The van der Waals surface area contributed by atoms with Crippen LogP contribution >= 0.6 is 0 Å². The van der Waals surface area contributed by atoms with Crippen LogP contribution in [0.1, 0.15) is 30.0 Å². The van der Waals surface area contributed by atoms with Gasteiger partial charge >= 0.3 is 6.18 Å². The minimum absolute atomic E-state index is 0.125. The summed E-state index contributed by atoms with van der Waals surface area (Å²) in [6, 6.07) is 11.3. The quantitative estimate of drug-likeness (QED) is 0.684. The molecule has 33 heavy (non-hydrogen) atoms. The van der Waals surface area contributed by atoms with Gasteiger partial charge in [0.05, 0.1) is 5.56 Å². The van der Waals surface area contributed by atoms with Gasteiger partial charge in [0, 0.05) is 69.2 Å². The van der Waals surface area contributed by atoms with Crippen LogP contribution in [0.2, 0.25) is 0 Å². The first-order valence-corrected chi connectivity index (χ1v) is 11.9. The second kappa shape index (κ2) is 9.14. The predicted molar refractivity (Wildman–Crippen MR) is 123 cm³/mol. The molecule has 3 aliphatic rings. The molecule has 0 radical (unpaired) electrons. The van der Waals surface area contributed by atoms with Gasteiger partial charge in [-0.2, -0.15) is 13.2 Å². The first-order valence-electron chi connectivity index (χ1n) is 11.9. The summed E-state index contributed by atoms with van der Waals surface area (Å²) in [7, 11) is 0. The molecule has 5 rings (SSSR count). The zero-order valence-corrected chi connectivity index (χ0v) is 18.8. The second-order valence-electron chi connectivity index (χ2n) is 9.69. The number of pyridine rings is 1. The van der Waals surface area contributed by atoms with Crippen molar-refractivity contribution in [3.05, 3.63) is 64.1 Å². The number of halogens is 3.